The molecular weight excluding hydrogens is 330 g/mol. The average Bonchev–Trinajstić information content (AvgIpc) is 2.50. The third kappa shape index (κ3) is 3.60. The second-order valence-corrected chi connectivity index (χ2v) is 5.42. The highest BCUT2D eigenvalue weighted by atomic mass is 79.9. The predicted octanol–water partition coefficient (Wildman–Crippen LogP) is 4.05. The number of methoxy groups -OCH3 is 1. The third-order valence-electron chi connectivity index (χ3n) is 3.16. The number of ether oxygens (including phenoxy) is 1. The molecule has 0 radical (unpaired) electrons. The molecule has 1 aromatic heterocycles. The van der Waals surface area contributed by atoms with E-state index in [0.29, 0.717) is 6.61 Å². The van der Waals surface area contributed by atoms with E-state index in [1.54, 1.807) is 7.11 Å². The Morgan fingerprint density at radius 3 is 2.62 bits per heavy atom. The Bertz CT molecular complexity index is 616. The number of nitrogens with one attached hydrogen (secondary N) is 1. The fourth-order valence-electron chi connectivity index (χ4n) is 2.15. The second-order valence-electron chi connectivity index (χ2n) is 4.63. The number of halogens is 1. The summed E-state index contributed by atoms with van der Waals surface area (Å²) in [6.45, 7) is 5.51. The van der Waals surface area contributed by atoms with Gasteiger partial charge in [-0.3, -0.25) is 0 Å². The second kappa shape index (κ2) is 7.52. The van der Waals surface area contributed by atoms with E-state index in [1.165, 1.54) is 0 Å². The van der Waals surface area contributed by atoms with Gasteiger partial charge in [0.1, 0.15) is 5.82 Å². The molecule has 0 spiro atoms. The van der Waals surface area contributed by atoms with Crippen LogP contribution in [0.3, 0.4) is 0 Å². The highest BCUT2D eigenvalue weighted by Crippen LogP contribution is 2.29. The lowest BCUT2D eigenvalue weighted by molar-refractivity contribution is 0.185. The first-order valence-corrected chi connectivity index (χ1v) is 7.88. The van der Waals surface area contributed by atoms with E-state index in [2.05, 4.69) is 40.1 Å². The van der Waals surface area contributed by atoms with E-state index in [0.717, 1.165) is 45.9 Å². The molecule has 0 saturated heterocycles. The Morgan fingerprint density at radius 2 is 1.95 bits per heavy atom. The van der Waals surface area contributed by atoms with Gasteiger partial charge in [0.25, 0.3) is 0 Å². The number of aromatic nitrogens is 2. The van der Waals surface area contributed by atoms with Crippen molar-refractivity contribution in [1.29, 1.82) is 0 Å². The van der Waals surface area contributed by atoms with E-state index in [4.69, 9.17) is 9.72 Å². The van der Waals surface area contributed by atoms with Gasteiger partial charge >= 0.3 is 0 Å². The number of rotatable bonds is 6. The first-order valence-electron chi connectivity index (χ1n) is 7.08. The molecule has 21 heavy (non-hydrogen) atoms. The summed E-state index contributed by atoms with van der Waals surface area (Å²) in [4.78, 5) is 9.35. The van der Waals surface area contributed by atoms with Crippen LogP contribution in [0.2, 0.25) is 0 Å². The Labute approximate surface area is 134 Å². The van der Waals surface area contributed by atoms with Crippen LogP contribution < -0.4 is 5.32 Å². The quantitative estimate of drug-likeness (QED) is 0.854. The van der Waals surface area contributed by atoms with Crippen LogP contribution in [0.25, 0.3) is 11.4 Å². The van der Waals surface area contributed by atoms with Crippen molar-refractivity contribution in [3.05, 3.63) is 40.0 Å². The molecule has 0 aliphatic heterocycles. The van der Waals surface area contributed by atoms with Crippen molar-refractivity contribution < 1.29 is 4.74 Å². The van der Waals surface area contributed by atoms with Crippen LogP contribution in [-0.4, -0.2) is 23.6 Å². The van der Waals surface area contributed by atoms with E-state index >= 15 is 0 Å². The maximum atomic E-state index is 5.27. The molecule has 5 heteroatoms. The Balaban J connectivity index is 2.55. The van der Waals surface area contributed by atoms with Crippen LogP contribution in [0, 0.1) is 0 Å². The maximum absolute atomic E-state index is 5.27. The van der Waals surface area contributed by atoms with Gasteiger partial charge in [0.15, 0.2) is 5.82 Å². The zero-order valence-electron chi connectivity index (χ0n) is 12.6. The fraction of sp³-hybridized carbons (Fsp3) is 0.375. The highest BCUT2D eigenvalue weighted by molar-refractivity contribution is 9.10. The average molecular weight is 350 g/mol. The van der Waals surface area contributed by atoms with E-state index in [-0.39, 0.29) is 0 Å². The smallest absolute Gasteiger partial charge is 0.162 e. The van der Waals surface area contributed by atoms with E-state index in [9.17, 15) is 0 Å². The number of benzene rings is 1. The summed E-state index contributed by atoms with van der Waals surface area (Å²) in [5.74, 6) is 1.57. The molecule has 112 valence electrons. The molecular formula is C16H20BrN3O. The summed E-state index contributed by atoms with van der Waals surface area (Å²) in [6, 6.07) is 8.08. The zero-order chi connectivity index (χ0) is 15.2. The molecule has 0 atom stereocenters. The predicted molar refractivity (Wildman–Crippen MR) is 89.4 cm³/mol. The van der Waals surface area contributed by atoms with Crippen molar-refractivity contribution in [1.82, 2.24) is 9.97 Å². The molecule has 0 unspecified atom stereocenters. The van der Waals surface area contributed by atoms with Gasteiger partial charge in [-0.2, -0.15) is 0 Å². The molecule has 2 rings (SSSR count). The number of hydrogen-bond donors (Lipinski definition) is 1. The summed E-state index contributed by atoms with van der Waals surface area (Å²) in [6.07, 6.45) is 0.848. The summed E-state index contributed by atoms with van der Waals surface area (Å²) in [5, 5.41) is 3.28. The molecule has 0 bridgehead atoms. The first kappa shape index (κ1) is 15.9. The fourth-order valence-corrected chi connectivity index (χ4v) is 2.75. The summed E-state index contributed by atoms with van der Waals surface area (Å²) in [5.41, 5.74) is 3.11. The summed E-state index contributed by atoms with van der Waals surface area (Å²) in [7, 11) is 1.70. The third-order valence-corrected chi connectivity index (χ3v) is 3.99. The standard InChI is InChI=1S/C16H20BrN3O/c1-4-13-14(17)16(18-5-2)20-15(19-13)12-9-7-6-8-11(12)10-21-3/h6-9H,4-5,10H2,1-3H3,(H,18,19,20). The SMILES string of the molecule is CCNc1nc(-c2ccccc2COC)nc(CC)c1Br. The van der Waals surface area contributed by atoms with Crippen LogP contribution in [0.15, 0.2) is 28.7 Å². The molecule has 4 nitrogen and oxygen atoms in total. The van der Waals surface area contributed by atoms with E-state index in [1.807, 2.05) is 24.3 Å². The molecule has 0 amide bonds. The maximum Gasteiger partial charge on any atom is 0.162 e. The molecule has 1 heterocycles. The van der Waals surface area contributed by atoms with E-state index < -0.39 is 0 Å². The zero-order valence-corrected chi connectivity index (χ0v) is 14.2. The monoisotopic (exact) mass is 349 g/mol. The van der Waals surface area contributed by atoms with Gasteiger partial charge in [0.2, 0.25) is 0 Å². The van der Waals surface area contributed by atoms with Crippen LogP contribution in [-0.2, 0) is 17.8 Å². The lowest BCUT2D eigenvalue weighted by atomic mass is 10.1. The Kier molecular flexibility index (Phi) is 5.70. The van der Waals surface area contributed by atoms with Crippen molar-refractivity contribution in [2.24, 2.45) is 0 Å². The Hall–Kier alpha value is -1.46. The van der Waals surface area contributed by atoms with Crippen LogP contribution in [0.5, 0.6) is 0 Å². The van der Waals surface area contributed by atoms with Crippen LogP contribution in [0.1, 0.15) is 25.1 Å². The molecule has 0 aliphatic carbocycles. The lowest BCUT2D eigenvalue weighted by Crippen LogP contribution is -2.06. The molecule has 2 aromatic rings. The minimum Gasteiger partial charge on any atom is -0.380 e. The van der Waals surface area contributed by atoms with Gasteiger partial charge in [-0.25, -0.2) is 9.97 Å². The normalized spacial score (nSPS) is 10.7. The number of hydrogen-bond acceptors (Lipinski definition) is 4. The van der Waals surface area contributed by atoms with Crippen molar-refractivity contribution in [2.75, 3.05) is 19.0 Å². The van der Waals surface area contributed by atoms with Gasteiger partial charge in [-0.15, -0.1) is 0 Å². The van der Waals surface area contributed by atoms with Gasteiger partial charge in [-0.1, -0.05) is 31.2 Å². The highest BCUT2D eigenvalue weighted by Gasteiger charge is 2.14. The lowest BCUT2D eigenvalue weighted by Gasteiger charge is -2.13. The number of aryl methyl sites for hydroxylation is 1. The minimum atomic E-state index is 0.549. The van der Waals surface area contributed by atoms with Gasteiger partial charge in [-0.05, 0) is 34.8 Å². The molecule has 1 aromatic carbocycles. The molecule has 0 aliphatic rings. The van der Waals surface area contributed by atoms with Crippen molar-refractivity contribution in [3.8, 4) is 11.4 Å². The molecule has 0 fully saturated rings. The molecule has 1 N–H and O–H groups in total. The van der Waals surface area contributed by atoms with Crippen LogP contribution >= 0.6 is 15.9 Å². The van der Waals surface area contributed by atoms with Crippen molar-refractivity contribution in [3.63, 3.8) is 0 Å². The minimum absolute atomic E-state index is 0.549. The van der Waals surface area contributed by atoms with Gasteiger partial charge in [0, 0.05) is 19.2 Å². The van der Waals surface area contributed by atoms with Crippen molar-refractivity contribution in [2.45, 2.75) is 26.9 Å². The summed E-state index contributed by atoms with van der Waals surface area (Å²) < 4.78 is 6.21. The largest absolute Gasteiger partial charge is 0.380 e. The van der Waals surface area contributed by atoms with Gasteiger partial charge < -0.3 is 10.1 Å². The molecule has 0 saturated carbocycles. The Morgan fingerprint density at radius 1 is 1.19 bits per heavy atom. The van der Waals surface area contributed by atoms with Crippen molar-refractivity contribution >= 4 is 21.7 Å². The topological polar surface area (TPSA) is 47.0 Å². The van der Waals surface area contributed by atoms with Crippen LogP contribution in [0.4, 0.5) is 5.82 Å². The van der Waals surface area contributed by atoms with Gasteiger partial charge in [0.05, 0.1) is 16.8 Å². The first-order chi connectivity index (χ1) is 10.2. The summed E-state index contributed by atoms with van der Waals surface area (Å²) >= 11 is 3.59. The number of anilines is 1. The number of nitrogens with zero attached hydrogens (tertiary/aromatic N) is 2.